The number of ether oxygens (including phenoxy) is 2. The van der Waals surface area contributed by atoms with E-state index in [9.17, 15) is 14.4 Å². The number of hydrogen-bond acceptors (Lipinski definition) is 6. The van der Waals surface area contributed by atoms with Crippen molar-refractivity contribution in [2.75, 3.05) is 57.4 Å². The van der Waals surface area contributed by atoms with Crippen LogP contribution >= 0.6 is 23.2 Å². The second-order valence-electron chi connectivity index (χ2n) is 12.0. The number of nitrogens with zero attached hydrogens (tertiary/aromatic N) is 3. The van der Waals surface area contributed by atoms with Crippen LogP contribution in [0, 0.1) is 0 Å². The van der Waals surface area contributed by atoms with Crippen molar-refractivity contribution >= 4 is 46.6 Å². The normalized spacial score (nSPS) is 18.4. The SMILES string of the molecule is CC(C(=O)NC(CN1CCOCC1)c1cccc(-c2ccc(C(=O)N3CCCCC3)cc2)c1)N1C(=O)COc2cc(Cl)c(Cl)cc21. The molecule has 1 N–H and O–H groups in total. The highest BCUT2D eigenvalue weighted by Gasteiger charge is 2.35. The van der Waals surface area contributed by atoms with Crippen molar-refractivity contribution in [3.63, 3.8) is 0 Å². The summed E-state index contributed by atoms with van der Waals surface area (Å²) in [6.07, 6.45) is 3.28. The van der Waals surface area contributed by atoms with Crippen LogP contribution in [0.4, 0.5) is 5.69 Å². The van der Waals surface area contributed by atoms with E-state index in [-0.39, 0.29) is 35.4 Å². The third kappa shape index (κ3) is 7.18. The first-order valence-corrected chi connectivity index (χ1v) is 16.6. The monoisotopic (exact) mass is 664 g/mol. The first kappa shape index (κ1) is 32.3. The summed E-state index contributed by atoms with van der Waals surface area (Å²) in [5.74, 6) is -0.178. The third-order valence-corrected chi connectivity index (χ3v) is 9.63. The lowest BCUT2D eigenvalue weighted by Gasteiger charge is -2.35. The molecule has 3 aromatic carbocycles. The number of nitrogens with one attached hydrogen (secondary N) is 1. The van der Waals surface area contributed by atoms with Gasteiger partial charge in [0, 0.05) is 44.4 Å². The second kappa shape index (κ2) is 14.4. The summed E-state index contributed by atoms with van der Waals surface area (Å²) in [5, 5.41) is 3.80. The Balaban J connectivity index is 1.23. The molecule has 0 saturated carbocycles. The van der Waals surface area contributed by atoms with E-state index in [1.54, 1.807) is 19.1 Å². The smallest absolute Gasteiger partial charge is 0.265 e. The van der Waals surface area contributed by atoms with Gasteiger partial charge < -0.3 is 19.7 Å². The molecule has 11 heteroatoms. The highest BCUT2D eigenvalue weighted by molar-refractivity contribution is 6.42. The molecule has 3 heterocycles. The van der Waals surface area contributed by atoms with Crippen molar-refractivity contribution in [3.05, 3.63) is 81.8 Å². The molecule has 9 nitrogen and oxygen atoms in total. The number of halogens is 2. The van der Waals surface area contributed by atoms with Gasteiger partial charge in [0.25, 0.3) is 11.8 Å². The highest BCUT2D eigenvalue weighted by Crippen LogP contribution is 2.40. The maximum Gasteiger partial charge on any atom is 0.265 e. The molecular weight excluding hydrogens is 627 g/mol. The summed E-state index contributed by atoms with van der Waals surface area (Å²) in [7, 11) is 0. The molecular formula is C35H38Cl2N4O5. The largest absolute Gasteiger partial charge is 0.482 e. The predicted molar refractivity (Wildman–Crippen MR) is 179 cm³/mol. The van der Waals surface area contributed by atoms with E-state index >= 15 is 0 Å². The number of rotatable bonds is 8. The molecule has 0 radical (unpaired) electrons. The van der Waals surface area contributed by atoms with Crippen LogP contribution in [-0.4, -0.2) is 86.1 Å². The molecule has 3 amide bonds. The van der Waals surface area contributed by atoms with E-state index in [1.165, 1.54) is 11.3 Å². The number of fused-ring (bicyclic) bond motifs is 1. The molecule has 46 heavy (non-hydrogen) atoms. The molecule has 2 unspecified atom stereocenters. The Morgan fingerprint density at radius 3 is 2.35 bits per heavy atom. The van der Waals surface area contributed by atoms with Gasteiger partial charge in [-0.2, -0.15) is 0 Å². The minimum Gasteiger partial charge on any atom is -0.482 e. The average Bonchev–Trinajstić information content (AvgIpc) is 3.09. The number of carbonyl (C=O) groups excluding carboxylic acids is 3. The van der Waals surface area contributed by atoms with Crippen LogP contribution in [0.15, 0.2) is 60.7 Å². The molecule has 6 rings (SSSR count). The van der Waals surface area contributed by atoms with Crippen molar-refractivity contribution in [1.82, 2.24) is 15.1 Å². The Kier molecular flexibility index (Phi) is 10.1. The molecule has 2 atom stereocenters. The minimum absolute atomic E-state index is 0.0779. The lowest BCUT2D eigenvalue weighted by Crippen LogP contribution is -2.53. The van der Waals surface area contributed by atoms with Gasteiger partial charge in [0.05, 0.1) is 35.0 Å². The standard InChI is InChI=1S/C35H38Cl2N4O5/c1-23(41-31-19-28(36)29(37)20-32(31)46-22-33(41)42)34(43)38-30(21-39-14-16-45-17-15-39)27-7-5-6-26(18-27)24-8-10-25(11-9-24)35(44)40-12-3-2-4-13-40/h5-11,18-20,23,30H,2-4,12-17,21-22H2,1H3,(H,38,43). The van der Waals surface area contributed by atoms with Gasteiger partial charge in [0.2, 0.25) is 5.91 Å². The number of likely N-dealkylation sites (tertiary alicyclic amines) is 1. The van der Waals surface area contributed by atoms with E-state index < -0.39 is 6.04 Å². The van der Waals surface area contributed by atoms with E-state index in [4.69, 9.17) is 32.7 Å². The summed E-state index contributed by atoms with van der Waals surface area (Å²) in [4.78, 5) is 45.5. The lowest BCUT2D eigenvalue weighted by molar-refractivity contribution is -0.128. The van der Waals surface area contributed by atoms with E-state index in [0.29, 0.717) is 41.8 Å². The predicted octanol–water partition coefficient (Wildman–Crippen LogP) is 5.59. The van der Waals surface area contributed by atoms with Crippen molar-refractivity contribution in [2.24, 2.45) is 0 Å². The number of morpholine rings is 1. The van der Waals surface area contributed by atoms with E-state index in [1.807, 2.05) is 47.4 Å². The number of piperidine rings is 1. The summed E-state index contributed by atoms with van der Waals surface area (Å²) >= 11 is 12.5. The first-order valence-electron chi connectivity index (χ1n) is 15.8. The Bertz CT molecular complexity index is 1590. The number of anilines is 1. The highest BCUT2D eigenvalue weighted by atomic mass is 35.5. The van der Waals surface area contributed by atoms with Crippen LogP contribution in [0.1, 0.15) is 48.1 Å². The number of benzene rings is 3. The van der Waals surface area contributed by atoms with Gasteiger partial charge in [0.1, 0.15) is 11.8 Å². The summed E-state index contributed by atoms with van der Waals surface area (Å²) in [5.41, 5.74) is 3.99. The Hall–Kier alpha value is -3.63. The maximum atomic E-state index is 13.9. The van der Waals surface area contributed by atoms with Crippen molar-refractivity contribution < 1.29 is 23.9 Å². The van der Waals surface area contributed by atoms with Gasteiger partial charge in [-0.3, -0.25) is 24.2 Å². The molecule has 2 fully saturated rings. The molecule has 0 bridgehead atoms. The van der Waals surface area contributed by atoms with Crippen molar-refractivity contribution in [3.8, 4) is 16.9 Å². The fraction of sp³-hybridized carbons (Fsp3) is 0.400. The zero-order chi connectivity index (χ0) is 32.2. The summed E-state index contributed by atoms with van der Waals surface area (Å²) in [6.45, 7) is 6.45. The van der Waals surface area contributed by atoms with Gasteiger partial charge in [-0.05, 0) is 67.1 Å². The van der Waals surface area contributed by atoms with Gasteiger partial charge in [-0.15, -0.1) is 0 Å². The average molecular weight is 666 g/mol. The minimum atomic E-state index is -0.840. The maximum absolute atomic E-state index is 13.9. The molecule has 3 aliphatic heterocycles. The molecule has 3 aliphatic rings. The van der Waals surface area contributed by atoms with Gasteiger partial charge in [-0.1, -0.05) is 53.5 Å². The van der Waals surface area contributed by atoms with Gasteiger partial charge in [0.15, 0.2) is 6.61 Å². The van der Waals surface area contributed by atoms with Gasteiger partial charge >= 0.3 is 0 Å². The molecule has 0 aromatic heterocycles. The third-order valence-electron chi connectivity index (χ3n) is 8.91. The quantitative estimate of drug-likeness (QED) is 0.338. The van der Waals surface area contributed by atoms with Gasteiger partial charge in [-0.25, -0.2) is 0 Å². The fourth-order valence-electron chi connectivity index (χ4n) is 6.30. The Morgan fingerprint density at radius 2 is 1.61 bits per heavy atom. The molecule has 0 aliphatic carbocycles. The van der Waals surface area contributed by atoms with Crippen LogP contribution < -0.4 is 15.0 Å². The number of hydrogen-bond donors (Lipinski definition) is 1. The summed E-state index contributed by atoms with van der Waals surface area (Å²) in [6, 6.07) is 17.7. The van der Waals surface area contributed by atoms with Crippen LogP contribution in [-0.2, 0) is 14.3 Å². The topological polar surface area (TPSA) is 91.4 Å². The van der Waals surface area contributed by atoms with Crippen LogP contribution in [0.25, 0.3) is 11.1 Å². The zero-order valence-electron chi connectivity index (χ0n) is 25.8. The Labute approximate surface area is 279 Å². The van der Waals surface area contributed by atoms with E-state index in [0.717, 1.165) is 55.7 Å². The zero-order valence-corrected chi connectivity index (χ0v) is 27.4. The second-order valence-corrected chi connectivity index (χ2v) is 12.8. The fourth-order valence-corrected chi connectivity index (χ4v) is 6.61. The molecule has 242 valence electrons. The van der Waals surface area contributed by atoms with Crippen molar-refractivity contribution in [2.45, 2.75) is 38.3 Å². The Morgan fingerprint density at radius 1 is 0.891 bits per heavy atom. The molecule has 3 aromatic rings. The van der Waals surface area contributed by atoms with Crippen LogP contribution in [0.3, 0.4) is 0 Å². The molecule has 0 spiro atoms. The van der Waals surface area contributed by atoms with Crippen LogP contribution in [0.2, 0.25) is 10.0 Å². The number of carbonyl (C=O) groups is 3. The summed E-state index contributed by atoms with van der Waals surface area (Å²) < 4.78 is 11.1. The van der Waals surface area contributed by atoms with Crippen molar-refractivity contribution in [1.29, 1.82) is 0 Å². The molecule has 2 saturated heterocycles. The first-order chi connectivity index (χ1) is 22.3. The van der Waals surface area contributed by atoms with E-state index in [2.05, 4.69) is 16.3 Å². The lowest BCUT2D eigenvalue weighted by atomic mass is 9.97. The number of amides is 3. The van der Waals surface area contributed by atoms with Crippen LogP contribution in [0.5, 0.6) is 5.75 Å².